The number of nitrogens with one attached hydrogen (secondary N) is 1. The van der Waals surface area contributed by atoms with Gasteiger partial charge in [-0.25, -0.2) is 4.98 Å². The predicted octanol–water partition coefficient (Wildman–Crippen LogP) is 4.66. The first-order valence-electron chi connectivity index (χ1n) is 7.04. The van der Waals surface area contributed by atoms with Gasteiger partial charge in [0.15, 0.2) is 0 Å². The van der Waals surface area contributed by atoms with Crippen molar-refractivity contribution in [2.45, 2.75) is 46.0 Å². The Morgan fingerprint density at radius 2 is 2.05 bits per heavy atom. The highest BCUT2D eigenvalue weighted by molar-refractivity contribution is 6.30. The topological polar surface area (TPSA) is 68.1 Å². The molecule has 0 saturated heterocycles. The Labute approximate surface area is 124 Å². The molecule has 1 aromatic heterocycles. The molecule has 1 aromatic rings. The summed E-state index contributed by atoms with van der Waals surface area (Å²) in [5, 5.41) is 14.2. The lowest BCUT2D eigenvalue weighted by Gasteiger charge is -2.07. The van der Waals surface area contributed by atoms with E-state index in [1.165, 1.54) is 31.5 Å². The second-order valence-corrected chi connectivity index (χ2v) is 5.74. The van der Waals surface area contributed by atoms with Gasteiger partial charge in [0, 0.05) is 18.8 Å². The van der Waals surface area contributed by atoms with E-state index in [4.69, 9.17) is 11.6 Å². The lowest BCUT2D eigenvalue weighted by molar-refractivity contribution is -0.384. The zero-order valence-corrected chi connectivity index (χ0v) is 12.8. The number of hydrogen-bond acceptors (Lipinski definition) is 4. The van der Waals surface area contributed by atoms with Crippen LogP contribution in [-0.2, 0) is 0 Å². The predicted molar refractivity (Wildman–Crippen MR) is 82.3 cm³/mol. The van der Waals surface area contributed by atoms with E-state index in [1.54, 1.807) is 0 Å². The van der Waals surface area contributed by atoms with Crippen molar-refractivity contribution in [3.63, 3.8) is 0 Å². The second kappa shape index (κ2) is 8.74. The summed E-state index contributed by atoms with van der Waals surface area (Å²) in [6.07, 6.45) is 7.24. The SMILES string of the molecule is CC(C)CCCCCCNc1ncc(Cl)cc1[N+](=O)[O-]. The van der Waals surface area contributed by atoms with Gasteiger partial charge in [0.05, 0.1) is 9.95 Å². The number of rotatable bonds is 9. The Hall–Kier alpha value is -1.36. The molecule has 0 unspecified atom stereocenters. The van der Waals surface area contributed by atoms with Gasteiger partial charge < -0.3 is 5.32 Å². The average molecular weight is 300 g/mol. The van der Waals surface area contributed by atoms with Gasteiger partial charge in [0.2, 0.25) is 5.82 Å². The normalized spacial score (nSPS) is 10.8. The molecule has 0 spiro atoms. The minimum Gasteiger partial charge on any atom is -0.364 e. The summed E-state index contributed by atoms with van der Waals surface area (Å²) in [5.41, 5.74) is -0.0719. The highest BCUT2D eigenvalue weighted by atomic mass is 35.5. The van der Waals surface area contributed by atoms with Crippen LogP contribution in [0, 0.1) is 16.0 Å². The molecule has 0 fully saturated rings. The van der Waals surface area contributed by atoms with Crippen molar-refractivity contribution in [2.24, 2.45) is 5.92 Å². The van der Waals surface area contributed by atoms with Crippen LogP contribution in [0.1, 0.15) is 46.0 Å². The molecule has 0 radical (unpaired) electrons. The monoisotopic (exact) mass is 299 g/mol. The highest BCUT2D eigenvalue weighted by Gasteiger charge is 2.15. The fourth-order valence-corrected chi connectivity index (χ4v) is 2.09. The van der Waals surface area contributed by atoms with Gasteiger partial charge in [0.1, 0.15) is 0 Å². The third kappa shape index (κ3) is 6.19. The molecule has 0 amide bonds. The van der Waals surface area contributed by atoms with Gasteiger partial charge in [-0.1, -0.05) is 51.1 Å². The minimum absolute atomic E-state index is 0.0719. The van der Waals surface area contributed by atoms with E-state index in [9.17, 15) is 10.1 Å². The lowest BCUT2D eigenvalue weighted by atomic mass is 10.0. The molecule has 1 heterocycles. The second-order valence-electron chi connectivity index (χ2n) is 5.30. The molecule has 0 aromatic carbocycles. The third-order valence-electron chi connectivity index (χ3n) is 3.03. The van der Waals surface area contributed by atoms with Gasteiger partial charge in [-0.05, 0) is 12.3 Å². The summed E-state index contributed by atoms with van der Waals surface area (Å²) < 4.78 is 0. The van der Waals surface area contributed by atoms with Crippen LogP contribution in [0.2, 0.25) is 5.02 Å². The van der Waals surface area contributed by atoms with Crippen molar-refractivity contribution >= 4 is 23.1 Å². The number of nitrogens with zero attached hydrogens (tertiary/aromatic N) is 2. The average Bonchev–Trinajstić information content (AvgIpc) is 2.38. The Balaban J connectivity index is 2.30. The van der Waals surface area contributed by atoms with Crippen molar-refractivity contribution in [2.75, 3.05) is 11.9 Å². The maximum atomic E-state index is 10.9. The van der Waals surface area contributed by atoms with Crippen LogP contribution in [-0.4, -0.2) is 16.5 Å². The first kappa shape index (κ1) is 16.7. The van der Waals surface area contributed by atoms with Crippen molar-refractivity contribution < 1.29 is 4.92 Å². The number of aromatic nitrogens is 1. The molecular formula is C14H22ClN3O2. The smallest absolute Gasteiger partial charge is 0.312 e. The third-order valence-corrected chi connectivity index (χ3v) is 3.24. The number of anilines is 1. The van der Waals surface area contributed by atoms with Crippen molar-refractivity contribution in [1.82, 2.24) is 4.98 Å². The Morgan fingerprint density at radius 1 is 1.35 bits per heavy atom. The number of halogens is 1. The maximum Gasteiger partial charge on any atom is 0.312 e. The molecule has 0 atom stereocenters. The molecule has 20 heavy (non-hydrogen) atoms. The quantitative estimate of drug-likeness (QED) is 0.409. The number of nitro groups is 1. The first-order valence-corrected chi connectivity index (χ1v) is 7.42. The highest BCUT2D eigenvalue weighted by Crippen LogP contribution is 2.24. The van der Waals surface area contributed by atoms with Crippen LogP contribution in [0.4, 0.5) is 11.5 Å². The van der Waals surface area contributed by atoms with Crippen molar-refractivity contribution in [3.05, 3.63) is 27.4 Å². The van der Waals surface area contributed by atoms with Crippen LogP contribution in [0.3, 0.4) is 0 Å². The number of unbranched alkanes of at least 4 members (excludes halogenated alkanes) is 3. The molecule has 0 aliphatic carbocycles. The fourth-order valence-electron chi connectivity index (χ4n) is 1.94. The molecule has 1 rings (SSSR count). The van der Waals surface area contributed by atoms with Crippen molar-refractivity contribution in [1.29, 1.82) is 0 Å². The Kier molecular flexibility index (Phi) is 7.30. The van der Waals surface area contributed by atoms with E-state index in [0.29, 0.717) is 12.4 Å². The van der Waals surface area contributed by atoms with Gasteiger partial charge in [-0.2, -0.15) is 0 Å². The van der Waals surface area contributed by atoms with Crippen LogP contribution in [0.25, 0.3) is 0 Å². The van der Waals surface area contributed by atoms with Gasteiger partial charge in [-0.15, -0.1) is 0 Å². The molecule has 0 aliphatic rings. The largest absolute Gasteiger partial charge is 0.364 e. The van der Waals surface area contributed by atoms with E-state index in [1.807, 2.05) is 0 Å². The molecule has 0 bridgehead atoms. The van der Waals surface area contributed by atoms with Crippen LogP contribution < -0.4 is 5.32 Å². The van der Waals surface area contributed by atoms with Crippen molar-refractivity contribution in [3.8, 4) is 0 Å². The number of pyridine rings is 1. The Morgan fingerprint density at radius 3 is 2.70 bits per heavy atom. The van der Waals surface area contributed by atoms with E-state index in [0.717, 1.165) is 18.8 Å². The molecule has 0 aliphatic heterocycles. The fraction of sp³-hybridized carbons (Fsp3) is 0.643. The molecule has 112 valence electrons. The summed E-state index contributed by atoms with van der Waals surface area (Å²) in [7, 11) is 0. The summed E-state index contributed by atoms with van der Waals surface area (Å²) in [6.45, 7) is 5.15. The summed E-state index contributed by atoms with van der Waals surface area (Å²) in [6, 6.07) is 1.32. The standard InChI is InChI=1S/C14H22ClN3O2/c1-11(2)7-5-3-4-6-8-16-14-13(18(19)20)9-12(15)10-17-14/h9-11H,3-8H2,1-2H3,(H,16,17). The molecule has 6 heteroatoms. The van der Waals surface area contributed by atoms with Gasteiger partial charge in [0.25, 0.3) is 0 Å². The van der Waals surface area contributed by atoms with Gasteiger partial charge in [-0.3, -0.25) is 10.1 Å². The summed E-state index contributed by atoms with van der Waals surface area (Å²) in [5.74, 6) is 1.05. The summed E-state index contributed by atoms with van der Waals surface area (Å²) in [4.78, 5) is 14.4. The first-order chi connectivity index (χ1) is 9.50. The van der Waals surface area contributed by atoms with E-state index in [-0.39, 0.29) is 10.7 Å². The van der Waals surface area contributed by atoms with E-state index < -0.39 is 4.92 Å². The minimum atomic E-state index is -0.468. The summed E-state index contributed by atoms with van der Waals surface area (Å²) >= 11 is 5.71. The van der Waals surface area contributed by atoms with E-state index in [2.05, 4.69) is 24.1 Å². The van der Waals surface area contributed by atoms with Crippen LogP contribution >= 0.6 is 11.6 Å². The Bertz CT molecular complexity index is 438. The lowest BCUT2D eigenvalue weighted by Crippen LogP contribution is -2.06. The molecule has 5 nitrogen and oxygen atoms in total. The van der Waals surface area contributed by atoms with Crippen LogP contribution in [0.5, 0.6) is 0 Å². The molecular weight excluding hydrogens is 278 g/mol. The maximum absolute atomic E-state index is 10.9. The molecule has 1 N–H and O–H groups in total. The van der Waals surface area contributed by atoms with Gasteiger partial charge >= 0.3 is 5.69 Å². The number of hydrogen-bond donors (Lipinski definition) is 1. The van der Waals surface area contributed by atoms with E-state index >= 15 is 0 Å². The zero-order valence-electron chi connectivity index (χ0n) is 12.1. The van der Waals surface area contributed by atoms with Crippen LogP contribution in [0.15, 0.2) is 12.3 Å². The molecule has 0 saturated carbocycles. The zero-order chi connectivity index (χ0) is 15.0.